The number of aryl methyl sites for hydroxylation is 1. The normalized spacial score (nSPS) is 10.3. The topological polar surface area (TPSA) is 85.2 Å². The summed E-state index contributed by atoms with van der Waals surface area (Å²) in [7, 11) is 1.55. The fourth-order valence-electron chi connectivity index (χ4n) is 2.65. The quantitative estimate of drug-likeness (QED) is 0.697. The minimum Gasteiger partial charge on any atom is -0.497 e. The van der Waals surface area contributed by atoms with Crippen LogP contribution >= 0.6 is 0 Å². The summed E-state index contributed by atoms with van der Waals surface area (Å²) < 4.78 is 6.74. The van der Waals surface area contributed by atoms with Gasteiger partial charge in [-0.05, 0) is 55.8 Å². The first kappa shape index (κ1) is 18.2. The molecule has 27 heavy (non-hydrogen) atoms. The van der Waals surface area contributed by atoms with Crippen LogP contribution in [-0.4, -0.2) is 28.7 Å². The van der Waals surface area contributed by atoms with Gasteiger partial charge in [0.2, 0.25) is 0 Å². The summed E-state index contributed by atoms with van der Waals surface area (Å²) in [6.45, 7) is 3.79. The van der Waals surface area contributed by atoms with Crippen LogP contribution in [0.5, 0.6) is 5.75 Å². The maximum atomic E-state index is 12.4. The van der Waals surface area contributed by atoms with Gasteiger partial charge in [-0.1, -0.05) is 12.1 Å². The van der Waals surface area contributed by atoms with Crippen molar-refractivity contribution in [3.63, 3.8) is 0 Å². The van der Waals surface area contributed by atoms with E-state index in [1.165, 1.54) is 6.20 Å². The Hall–Kier alpha value is -3.61. The molecule has 7 nitrogen and oxygen atoms in total. The number of ether oxygens (including phenoxy) is 1. The fraction of sp³-hybridized carbons (Fsp3) is 0.150. The van der Waals surface area contributed by atoms with Gasteiger partial charge in [-0.3, -0.25) is 20.4 Å². The van der Waals surface area contributed by atoms with Crippen molar-refractivity contribution in [2.24, 2.45) is 0 Å². The lowest BCUT2D eigenvalue weighted by Crippen LogP contribution is -2.41. The van der Waals surface area contributed by atoms with Gasteiger partial charge in [-0.25, -0.2) is 4.68 Å². The van der Waals surface area contributed by atoms with Crippen molar-refractivity contribution in [1.29, 1.82) is 0 Å². The lowest BCUT2D eigenvalue weighted by molar-refractivity contribution is 0.0846. The van der Waals surface area contributed by atoms with Crippen molar-refractivity contribution in [3.8, 4) is 11.4 Å². The number of hydrogen-bond donors (Lipinski definition) is 2. The van der Waals surface area contributed by atoms with E-state index in [2.05, 4.69) is 16.0 Å². The van der Waals surface area contributed by atoms with Crippen molar-refractivity contribution in [1.82, 2.24) is 20.6 Å². The van der Waals surface area contributed by atoms with Crippen LogP contribution < -0.4 is 15.6 Å². The van der Waals surface area contributed by atoms with Crippen LogP contribution in [0.2, 0.25) is 0 Å². The number of amides is 2. The molecule has 2 aromatic carbocycles. The minimum atomic E-state index is -0.437. The predicted octanol–water partition coefficient (Wildman–Crippen LogP) is 2.57. The van der Waals surface area contributed by atoms with Gasteiger partial charge in [0.1, 0.15) is 5.75 Å². The van der Waals surface area contributed by atoms with E-state index in [0.29, 0.717) is 22.6 Å². The highest BCUT2D eigenvalue weighted by atomic mass is 16.5. The molecule has 3 aromatic rings. The highest BCUT2D eigenvalue weighted by Gasteiger charge is 2.16. The molecule has 0 atom stereocenters. The molecule has 0 saturated heterocycles. The number of carbonyl (C=O) groups excluding carboxylic acids is 2. The highest BCUT2D eigenvalue weighted by molar-refractivity contribution is 5.99. The summed E-state index contributed by atoms with van der Waals surface area (Å²) >= 11 is 0. The molecule has 2 amide bonds. The Balaban J connectivity index is 1.68. The molecule has 0 unspecified atom stereocenters. The maximum Gasteiger partial charge on any atom is 0.273 e. The van der Waals surface area contributed by atoms with Gasteiger partial charge in [0.25, 0.3) is 11.8 Å². The Labute approximate surface area is 156 Å². The van der Waals surface area contributed by atoms with Crippen LogP contribution in [-0.2, 0) is 0 Å². The van der Waals surface area contributed by atoms with E-state index in [9.17, 15) is 9.59 Å². The van der Waals surface area contributed by atoms with Gasteiger partial charge >= 0.3 is 0 Å². The third-order valence-corrected chi connectivity index (χ3v) is 4.14. The third-order valence-electron chi connectivity index (χ3n) is 4.14. The molecule has 138 valence electrons. The number of rotatable bonds is 4. The van der Waals surface area contributed by atoms with Gasteiger partial charge in [0, 0.05) is 5.56 Å². The van der Waals surface area contributed by atoms with Crippen LogP contribution in [0.25, 0.3) is 5.69 Å². The van der Waals surface area contributed by atoms with Crippen LogP contribution in [0.15, 0.2) is 54.7 Å². The van der Waals surface area contributed by atoms with Crippen molar-refractivity contribution in [2.45, 2.75) is 13.8 Å². The van der Waals surface area contributed by atoms with Gasteiger partial charge in [0.15, 0.2) is 0 Å². The molecule has 0 aliphatic rings. The lowest BCUT2D eigenvalue weighted by atomic mass is 10.2. The molecule has 3 rings (SSSR count). The Morgan fingerprint density at radius 3 is 2.37 bits per heavy atom. The number of hydrogen-bond acceptors (Lipinski definition) is 4. The number of nitrogens with zero attached hydrogens (tertiary/aromatic N) is 2. The van der Waals surface area contributed by atoms with Gasteiger partial charge in [-0.15, -0.1) is 0 Å². The molecule has 2 N–H and O–H groups in total. The first-order chi connectivity index (χ1) is 13.0. The SMILES string of the molecule is COc1ccc(C(=O)NNC(=O)c2cnn(-c3cccc(C)c3)c2C)cc1. The minimum absolute atomic E-state index is 0.381. The van der Waals surface area contributed by atoms with Crippen molar-refractivity contribution in [3.05, 3.63) is 77.1 Å². The number of methoxy groups -OCH3 is 1. The summed E-state index contributed by atoms with van der Waals surface area (Å²) in [6.07, 6.45) is 1.48. The molecule has 0 aliphatic heterocycles. The molecule has 1 heterocycles. The van der Waals surface area contributed by atoms with Crippen LogP contribution in [0, 0.1) is 13.8 Å². The third kappa shape index (κ3) is 3.98. The van der Waals surface area contributed by atoms with Gasteiger partial charge in [-0.2, -0.15) is 5.10 Å². The molecule has 7 heteroatoms. The van der Waals surface area contributed by atoms with E-state index in [1.807, 2.05) is 31.2 Å². The summed E-state index contributed by atoms with van der Waals surface area (Å²) in [5.41, 5.74) is 8.25. The molecule has 0 saturated carbocycles. The zero-order valence-corrected chi connectivity index (χ0v) is 15.3. The van der Waals surface area contributed by atoms with Gasteiger partial charge < -0.3 is 4.74 Å². The number of aromatic nitrogens is 2. The molecule has 0 fully saturated rings. The molecule has 0 bridgehead atoms. The highest BCUT2D eigenvalue weighted by Crippen LogP contribution is 2.15. The Kier molecular flexibility index (Phi) is 5.21. The number of carbonyl (C=O) groups is 2. The molecule has 0 aliphatic carbocycles. The van der Waals surface area contributed by atoms with Gasteiger partial charge in [0.05, 0.1) is 30.3 Å². The average molecular weight is 364 g/mol. The molecule has 0 spiro atoms. The second-order valence-corrected chi connectivity index (χ2v) is 6.03. The van der Waals surface area contributed by atoms with E-state index in [-0.39, 0.29) is 0 Å². The standard InChI is InChI=1S/C20H20N4O3/c1-13-5-4-6-16(11-13)24-14(2)18(12-21-24)20(26)23-22-19(25)15-7-9-17(27-3)10-8-15/h4-12H,1-3H3,(H,22,25)(H,23,26). The molecule has 0 radical (unpaired) electrons. The smallest absolute Gasteiger partial charge is 0.273 e. The van der Waals surface area contributed by atoms with E-state index in [1.54, 1.807) is 43.0 Å². The van der Waals surface area contributed by atoms with Crippen molar-refractivity contribution >= 4 is 11.8 Å². The zero-order valence-electron chi connectivity index (χ0n) is 15.3. The summed E-state index contributed by atoms with van der Waals surface area (Å²) in [5.74, 6) is -0.210. The Morgan fingerprint density at radius 2 is 1.70 bits per heavy atom. The van der Waals surface area contributed by atoms with Crippen molar-refractivity contribution in [2.75, 3.05) is 7.11 Å². The predicted molar refractivity (Wildman–Crippen MR) is 101 cm³/mol. The van der Waals surface area contributed by atoms with Crippen LogP contribution in [0.3, 0.4) is 0 Å². The van der Waals surface area contributed by atoms with E-state index < -0.39 is 11.8 Å². The summed E-state index contributed by atoms with van der Waals surface area (Å²) in [5, 5.41) is 4.28. The van der Waals surface area contributed by atoms with Crippen molar-refractivity contribution < 1.29 is 14.3 Å². The second-order valence-electron chi connectivity index (χ2n) is 6.03. The summed E-state index contributed by atoms with van der Waals surface area (Å²) in [4.78, 5) is 24.6. The molecular formula is C20H20N4O3. The maximum absolute atomic E-state index is 12.4. The molecule has 1 aromatic heterocycles. The van der Waals surface area contributed by atoms with Crippen LogP contribution in [0.1, 0.15) is 32.0 Å². The number of benzene rings is 2. The number of nitrogens with one attached hydrogen (secondary N) is 2. The van der Waals surface area contributed by atoms with E-state index in [4.69, 9.17) is 4.74 Å². The Bertz CT molecular complexity index is 977. The first-order valence-electron chi connectivity index (χ1n) is 8.36. The average Bonchev–Trinajstić information content (AvgIpc) is 3.07. The first-order valence-corrected chi connectivity index (χ1v) is 8.36. The summed E-state index contributed by atoms with van der Waals surface area (Å²) in [6, 6.07) is 14.4. The second kappa shape index (κ2) is 7.74. The van der Waals surface area contributed by atoms with Crippen LogP contribution in [0.4, 0.5) is 0 Å². The molecular weight excluding hydrogens is 344 g/mol. The van der Waals surface area contributed by atoms with E-state index >= 15 is 0 Å². The van der Waals surface area contributed by atoms with E-state index in [0.717, 1.165) is 11.3 Å². The fourth-order valence-corrected chi connectivity index (χ4v) is 2.65. The number of hydrazine groups is 1. The Morgan fingerprint density at radius 1 is 1.00 bits per heavy atom. The lowest BCUT2D eigenvalue weighted by Gasteiger charge is -2.09. The largest absolute Gasteiger partial charge is 0.497 e. The monoisotopic (exact) mass is 364 g/mol. The zero-order chi connectivity index (χ0) is 19.4.